The van der Waals surface area contributed by atoms with Gasteiger partial charge in [-0.1, -0.05) is 43.7 Å². The van der Waals surface area contributed by atoms with E-state index in [1.807, 2.05) is 6.92 Å². The maximum atomic E-state index is 14.4. The molecule has 0 aliphatic heterocycles. The minimum atomic E-state index is -1.09. The first-order valence-corrected chi connectivity index (χ1v) is 14.1. The fraction of sp³-hybridized carbons (Fsp3) is 0.516. The first-order chi connectivity index (χ1) is 18.9. The third-order valence-electron chi connectivity index (χ3n) is 7.01. The van der Waals surface area contributed by atoms with Gasteiger partial charge in [0, 0.05) is 24.6 Å². The molecule has 0 heterocycles. The molecule has 0 spiro atoms. The number of benzene rings is 2. The predicted molar refractivity (Wildman–Crippen MR) is 153 cm³/mol. The van der Waals surface area contributed by atoms with Crippen LogP contribution >= 0.6 is 0 Å². The molecule has 0 bridgehead atoms. The van der Waals surface area contributed by atoms with Crippen LogP contribution in [0.15, 0.2) is 42.5 Å². The number of hydrogen-bond donors (Lipinski definition) is 4. The van der Waals surface area contributed by atoms with Gasteiger partial charge in [0.15, 0.2) is 0 Å². The maximum Gasteiger partial charge on any atom is 0.408 e. The molecule has 3 rings (SSSR count). The van der Waals surface area contributed by atoms with Crippen LogP contribution in [0.2, 0.25) is 0 Å². The van der Waals surface area contributed by atoms with Crippen LogP contribution in [0, 0.1) is 6.92 Å². The Morgan fingerprint density at radius 3 is 2.33 bits per heavy atom. The first-order valence-electron chi connectivity index (χ1n) is 14.1. The van der Waals surface area contributed by atoms with E-state index in [0.29, 0.717) is 36.1 Å². The first kappa shape index (κ1) is 30.8. The van der Waals surface area contributed by atoms with Gasteiger partial charge in [0.2, 0.25) is 11.8 Å². The molecule has 0 radical (unpaired) electrons. The van der Waals surface area contributed by atoms with E-state index in [1.54, 1.807) is 62.9 Å². The number of nitrogens with zero attached hydrogens (tertiary/aromatic N) is 1. The molecule has 1 aliphatic rings. The second kappa shape index (κ2) is 13.5. The van der Waals surface area contributed by atoms with E-state index < -0.39 is 29.7 Å². The normalized spacial score (nSPS) is 14.9. The number of ether oxygens (including phenoxy) is 1. The van der Waals surface area contributed by atoms with Gasteiger partial charge >= 0.3 is 6.09 Å². The highest BCUT2D eigenvalue weighted by molar-refractivity contribution is 5.93. The molecule has 2 atom stereocenters. The summed E-state index contributed by atoms with van der Waals surface area (Å²) >= 11 is 0. The molecule has 0 aromatic heterocycles. The Kier molecular flexibility index (Phi) is 10.4. The fourth-order valence-electron chi connectivity index (χ4n) is 4.69. The van der Waals surface area contributed by atoms with Crippen LogP contribution in [0.1, 0.15) is 82.5 Å². The minimum absolute atomic E-state index is 0.0366. The van der Waals surface area contributed by atoms with Crippen molar-refractivity contribution in [2.45, 2.75) is 96.9 Å². The van der Waals surface area contributed by atoms with Gasteiger partial charge in [0.05, 0.1) is 0 Å². The van der Waals surface area contributed by atoms with Gasteiger partial charge in [0.25, 0.3) is 0 Å². The van der Waals surface area contributed by atoms with E-state index in [1.165, 1.54) is 12.1 Å². The van der Waals surface area contributed by atoms with Crippen LogP contribution < -0.4 is 10.6 Å². The molecule has 9 nitrogen and oxygen atoms in total. The zero-order valence-electron chi connectivity index (χ0n) is 24.2. The molecule has 40 heavy (non-hydrogen) atoms. The largest absolute Gasteiger partial charge is 0.508 e. The Balaban J connectivity index is 2.05. The lowest BCUT2D eigenvalue weighted by atomic mass is 9.87. The number of phenols is 2. The molecule has 3 amide bonds. The average molecular weight is 554 g/mol. The summed E-state index contributed by atoms with van der Waals surface area (Å²) in [6.07, 6.45) is 3.34. The number of aryl methyl sites for hydroxylation is 1. The molecule has 1 saturated carbocycles. The van der Waals surface area contributed by atoms with Gasteiger partial charge in [-0.25, -0.2) is 4.79 Å². The molecule has 2 aromatic rings. The number of rotatable bonds is 11. The molecule has 4 N–H and O–H groups in total. The van der Waals surface area contributed by atoms with Crippen molar-refractivity contribution < 1.29 is 29.3 Å². The molecule has 0 saturated heterocycles. The highest BCUT2D eigenvalue weighted by Gasteiger charge is 2.43. The molecule has 1 fully saturated rings. The Labute approximate surface area is 236 Å². The molecule has 9 heteroatoms. The van der Waals surface area contributed by atoms with Crippen molar-refractivity contribution in [2.24, 2.45) is 0 Å². The number of carbonyl (C=O) groups is 3. The second-order valence-corrected chi connectivity index (χ2v) is 11.5. The number of unbranched alkanes of at least 4 members (excludes halogenated alkanes) is 1. The van der Waals surface area contributed by atoms with Crippen molar-refractivity contribution in [1.82, 2.24) is 15.5 Å². The summed E-state index contributed by atoms with van der Waals surface area (Å²) in [6.45, 7) is 9.43. The van der Waals surface area contributed by atoms with E-state index in [0.717, 1.165) is 19.3 Å². The monoisotopic (exact) mass is 553 g/mol. The smallest absolute Gasteiger partial charge is 0.408 e. The molecular formula is C31H43N3O6. The van der Waals surface area contributed by atoms with Gasteiger partial charge in [-0.2, -0.15) is 0 Å². The number of alkyl carbamates (subject to hydrolysis) is 1. The zero-order chi connectivity index (χ0) is 29.4. The summed E-state index contributed by atoms with van der Waals surface area (Å²) in [4.78, 5) is 42.6. The third kappa shape index (κ3) is 8.13. The maximum absolute atomic E-state index is 14.4. The topological polar surface area (TPSA) is 128 Å². The highest BCUT2D eigenvalue weighted by Crippen LogP contribution is 2.38. The van der Waals surface area contributed by atoms with Crippen LogP contribution in [-0.4, -0.2) is 57.3 Å². The standard InChI is InChI=1S/C31H43N3O6/c1-6-7-18-32-28(37)26(24-13-8-10-20(2)27(24)36)34(22-11-9-12-22)29(38)25(33-30(39)40-31(3,4)5)19-21-14-16-23(35)17-15-21/h8,10,13-17,22,25-26,35-36H,6-7,9,11-12,18-19H2,1-5H3,(H,32,37)(H,33,39). The van der Waals surface area contributed by atoms with Crippen molar-refractivity contribution >= 4 is 17.9 Å². The van der Waals surface area contributed by atoms with Crippen molar-refractivity contribution in [3.05, 3.63) is 59.2 Å². The molecule has 2 unspecified atom stereocenters. The Morgan fingerprint density at radius 2 is 1.75 bits per heavy atom. The van der Waals surface area contributed by atoms with Crippen LogP contribution in [0.25, 0.3) is 0 Å². The van der Waals surface area contributed by atoms with Crippen molar-refractivity contribution in [3.8, 4) is 11.5 Å². The number of nitrogens with one attached hydrogen (secondary N) is 2. The summed E-state index contributed by atoms with van der Waals surface area (Å²) in [6, 6.07) is 9.19. The number of carbonyl (C=O) groups excluding carboxylic acids is 3. The van der Waals surface area contributed by atoms with Crippen molar-refractivity contribution in [2.75, 3.05) is 6.54 Å². The molecule has 218 valence electrons. The van der Waals surface area contributed by atoms with Gasteiger partial charge in [-0.15, -0.1) is 0 Å². The Bertz CT molecular complexity index is 1170. The van der Waals surface area contributed by atoms with Crippen molar-refractivity contribution in [3.63, 3.8) is 0 Å². The Hall–Kier alpha value is -3.75. The lowest BCUT2D eigenvalue weighted by Gasteiger charge is -2.43. The lowest BCUT2D eigenvalue weighted by molar-refractivity contribution is -0.147. The summed E-state index contributed by atoms with van der Waals surface area (Å²) in [5.41, 5.74) is 0.870. The fourth-order valence-corrected chi connectivity index (χ4v) is 4.69. The van der Waals surface area contributed by atoms with Gasteiger partial charge in [-0.05, 0) is 76.6 Å². The SMILES string of the molecule is CCCCNC(=O)C(c1cccc(C)c1O)N(C(=O)C(Cc1ccc(O)cc1)NC(=O)OC(C)(C)C)C1CCC1. The highest BCUT2D eigenvalue weighted by atomic mass is 16.6. The average Bonchev–Trinajstić information content (AvgIpc) is 2.84. The quantitative estimate of drug-likeness (QED) is 0.294. The van der Waals surface area contributed by atoms with Crippen LogP contribution in [0.5, 0.6) is 11.5 Å². The molecule has 2 aromatic carbocycles. The van der Waals surface area contributed by atoms with Gasteiger partial charge < -0.3 is 30.5 Å². The summed E-state index contributed by atoms with van der Waals surface area (Å²) in [5.74, 6) is -0.776. The second-order valence-electron chi connectivity index (χ2n) is 11.5. The minimum Gasteiger partial charge on any atom is -0.508 e. The van der Waals surface area contributed by atoms with Crippen LogP contribution in [-0.2, 0) is 20.7 Å². The summed E-state index contributed by atoms with van der Waals surface area (Å²) in [7, 11) is 0. The van der Waals surface area contributed by atoms with Crippen LogP contribution in [0.4, 0.5) is 4.79 Å². The van der Waals surface area contributed by atoms with E-state index in [2.05, 4.69) is 10.6 Å². The number of para-hydroxylation sites is 1. The third-order valence-corrected chi connectivity index (χ3v) is 7.01. The lowest BCUT2D eigenvalue weighted by Crippen LogP contribution is -2.58. The van der Waals surface area contributed by atoms with E-state index >= 15 is 0 Å². The Morgan fingerprint density at radius 1 is 1.07 bits per heavy atom. The summed E-state index contributed by atoms with van der Waals surface area (Å²) in [5, 5.41) is 26.5. The van der Waals surface area contributed by atoms with E-state index in [-0.39, 0.29) is 29.9 Å². The van der Waals surface area contributed by atoms with E-state index in [4.69, 9.17) is 4.74 Å². The summed E-state index contributed by atoms with van der Waals surface area (Å²) < 4.78 is 5.47. The van der Waals surface area contributed by atoms with Crippen LogP contribution in [0.3, 0.4) is 0 Å². The molecule has 1 aliphatic carbocycles. The number of phenolic OH excluding ortho intramolecular Hbond substituents is 2. The zero-order valence-corrected chi connectivity index (χ0v) is 24.2. The van der Waals surface area contributed by atoms with Crippen molar-refractivity contribution in [1.29, 1.82) is 0 Å². The number of hydrogen-bond acceptors (Lipinski definition) is 6. The number of aromatic hydroxyl groups is 2. The molecular weight excluding hydrogens is 510 g/mol. The van der Waals surface area contributed by atoms with E-state index in [9.17, 15) is 24.6 Å². The van der Waals surface area contributed by atoms with Gasteiger partial charge in [0.1, 0.15) is 29.2 Å². The number of amides is 3. The van der Waals surface area contributed by atoms with Gasteiger partial charge in [-0.3, -0.25) is 9.59 Å². The predicted octanol–water partition coefficient (Wildman–Crippen LogP) is 4.88.